The van der Waals surface area contributed by atoms with Crippen LogP contribution in [0.2, 0.25) is 0 Å². The Morgan fingerprint density at radius 1 is 1.50 bits per heavy atom. The Bertz CT molecular complexity index is 237. The fourth-order valence-electron chi connectivity index (χ4n) is 0.854. The molecular weight excluding hydrogens is 183 g/mol. The standard InChI is InChI=1S/C7H10N2OS.Na.H/c1-2-3-5-4-6(10)9-7(11)8-5;;/h4H,2-3H2,1H3,(H2,8,9,10,11);;. The molecule has 0 saturated carbocycles. The molecule has 3 nitrogen and oxygen atoms in total. The summed E-state index contributed by atoms with van der Waals surface area (Å²) in [5, 5.41) is 9.35. The van der Waals surface area contributed by atoms with Crippen LogP contribution in [-0.2, 0) is 6.42 Å². The second kappa shape index (κ2) is 5.80. The van der Waals surface area contributed by atoms with E-state index in [0.29, 0.717) is 5.16 Å². The number of thiol groups is 1. The SMILES string of the molecule is CCCc1cc(O)nc(S)n1.[NaH]. The van der Waals surface area contributed by atoms with Gasteiger partial charge in [0.05, 0.1) is 0 Å². The molecule has 0 fully saturated rings. The van der Waals surface area contributed by atoms with Crippen LogP contribution in [0.15, 0.2) is 11.2 Å². The van der Waals surface area contributed by atoms with E-state index < -0.39 is 0 Å². The van der Waals surface area contributed by atoms with Crippen LogP contribution < -0.4 is 0 Å². The third-order valence-corrected chi connectivity index (χ3v) is 1.46. The van der Waals surface area contributed by atoms with Gasteiger partial charge >= 0.3 is 29.6 Å². The van der Waals surface area contributed by atoms with E-state index in [1.807, 2.05) is 0 Å². The van der Waals surface area contributed by atoms with Gasteiger partial charge in [0.1, 0.15) is 0 Å². The maximum atomic E-state index is 9.02. The van der Waals surface area contributed by atoms with Crippen molar-refractivity contribution >= 4 is 42.2 Å². The minimum atomic E-state index is -0.00606. The molecule has 62 valence electrons. The molecule has 0 atom stereocenters. The van der Waals surface area contributed by atoms with Gasteiger partial charge < -0.3 is 5.11 Å². The molecule has 0 unspecified atom stereocenters. The van der Waals surface area contributed by atoms with Crippen LogP contribution in [0.25, 0.3) is 0 Å². The van der Waals surface area contributed by atoms with Gasteiger partial charge in [-0.05, 0) is 6.42 Å². The monoisotopic (exact) mass is 194 g/mol. The molecule has 1 aromatic heterocycles. The van der Waals surface area contributed by atoms with Gasteiger partial charge in [-0.1, -0.05) is 13.3 Å². The summed E-state index contributed by atoms with van der Waals surface area (Å²) in [7, 11) is 0. The Kier molecular flexibility index (Phi) is 5.92. The van der Waals surface area contributed by atoms with Crippen molar-refractivity contribution < 1.29 is 5.11 Å². The van der Waals surface area contributed by atoms with Crippen LogP contribution in [0.3, 0.4) is 0 Å². The summed E-state index contributed by atoms with van der Waals surface area (Å²) in [6.07, 6.45) is 1.85. The zero-order chi connectivity index (χ0) is 8.27. The molecule has 12 heavy (non-hydrogen) atoms. The summed E-state index contributed by atoms with van der Waals surface area (Å²) in [5.41, 5.74) is 0.838. The molecular formula is C7H11N2NaOS. The molecule has 0 aliphatic rings. The Hall–Kier alpha value is 0.230. The van der Waals surface area contributed by atoms with Gasteiger partial charge in [-0.15, -0.1) is 12.6 Å². The van der Waals surface area contributed by atoms with Crippen LogP contribution >= 0.6 is 12.6 Å². The molecule has 1 N–H and O–H groups in total. The Morgan fingerprint density at radius 3 is 2.67 bits per heavy atom. The minimum absolute atomic E-state index is 0. The molecule has 0 aliphatic heterocycles. The first-order valence-electron chi connectivity index (χ1n) is 3.48. The quantitative estimate of drug-likeness (QED) is 0.415. The number of rotatable bonds is 2. The first-order chi connectivity index (χ1) is 5.22. The molecule has 1 aromatic rings. The number of nitrogens with zero attached hydrogens (tertiary/aromatic N) is 2. The van der Waals surface area contributed by atoms with E-state index >= 15 is 0 Å². The fraction of sp³-hybridized carbons (Fsp3) is 0.429. The molecule has 1 heterocycles. The molecule has 1 rings (SSSR count). The average molecular weight is 194 g/mol. The summed E-state index contributed by atoms with van der Waals surface area (Å²) in [6.45, 7) is 2.05. The van der Waals surface area contributed by atoms with Gasteiger partial charge in [0, 0.05) is 11.8 Å². The molecule has 0 aromatic carbocycles. The normalized spacial score (nSPS) is 9.17. The van der Waals surface area contributed by atoms with Crippen molar-refractivity contribution in [2.75, 3.05) is 0 Å². The summed E-state index contributed by atoms with van der Waals surface area (Å²) < 4.78 is 0. The van der Waals surface area contributed by atoms with Crippen LogP contribution in [0.4, 0.5) is 0 Å². The number of hydrogen-bond acceptors (Lipinski definition) is 4. The topological polar surface area (TPSA) is 46.0 Å². The Balaban J connectivity index is 0.00000121. The summed E-state index contributed by atoms with van der Waals surface area (Å²) in [5.74, 6) is -0.00606. The molecule has 0 radical (unpaired) electrons. The first-order valence-corrected chi connectivity index (χ1v) is 3.93. The molecule has 0 bridgehead atoms. The average Bonchev–Trinajstić information content (AvgIpc) is 1.85. The molecule has 0 spiro atoms. The van der Waals surface area contributed by atoms with E-state index in [0.717, 1.165) is 18.5 Å². The maximum absolute atomic E-state index is 9.02. The van der Waals surface area contributed by atoms with Gasteiger partial charge in [0.2, 0.25) is 5.88 Å². The first kappa shape index (κ1) is 12.2. The predicted octanol–water partition coefficient (Wildman–Crippen LogP) is 0.775. The van der Waals surface area contributed by atoms with Gasteiger partial charge in [-0.2, -0.15) is 4.98 Å². The van der Waals surface area contributed by atoms with Crippen molar-refractivity contribution in [3.05, 3.63) is 11.8 Å². The summed E-state index contributed by atoms with van der Waals surface area (Å²) in [4.78, 5) is 7.64. The summed E-state index contributed by atoms with van der Waals surface area (Å²) >= 11 is 3.93. The Labute approximate surface area is 99.3 Å². The van der Waals surface area contributed by atoms with E-state index in [1.165, 1.54) is 0 Å². The number of aryl methyl sites for hydroxylation is 1. The Morgan fingerprint density at radius 2 is 2.17 bits per heavy atom. The number of aromatic nitrogens is 2. The second-order valence-corrected chi connectivity index (χ2v) is 2.67. The number of aromatic hydroxyl groups is 1. The van der Waals surface area contributed by atoms with Crippen LogP contribution in [0.5, 0.6) is 5.88 Å². The van der Waals surface area contributed by atoms with Crippen molar-refractivity contribution in [3.8, 4) is 5.88 Å². The zero-order valence-electron chi connectivity index (χ0n) is 6.28. The van der Waals surface area contributed by atoms with Crippen molar-refractivity contribution in [2.24, 2.45) is 0 Å². The molecule has 5 heteroatoms. The van der Waals surface area contributed by atoms with Crippen molar-refractivity contribution in [2.45, 2.75) is 24.9 Å². The van der Waals surface area contributed by atoms with Crippen LogP contribution in [0.1, 0.15) is 19.0 Å². The predicted molar refractivity (Wildman–Crippen MR) is 52.1 cm³/mol. The van der Waals surface area contributed by atoms with Crippen LogP contribution in [0, 0.1) is 0 Å². The van der Waals surface area contributed by atoms with E-state index in [1.54, 1.807) is 6.07 Å². The van der Waals surface area contributed by atoms with E-state index in [2.05, 4.69) is 29.5 Å². The van der Waals surface area contributed by atoms with Gasteiger partial charge in [0.25, 0.3) is 0 Å². The van der Waals surface area contributed by atoms with Crippen molar-refractivity contribution in [1.82, 2.24) is 9.97 Å². The van der Waals surface area contributed by atoms with E-state index in [4.69, 9.17) is 5.11 Å². The van der Waals surface area contributed by atoms with Gasteiger partial charge in [0.15, 0.2) is 5.16 Å². The van der Waals surface area contributed by atoms with Crippen molar-refractivity contribution in [1.29, 1.82) is 0 Å². The van der Waals surface area contributed by atoms with Gasteiger partial charge in [-0.3, -0.25) is 0 Å². The summed E-state index contributed by atoms with van der Waals surface area (Å²) in [6, 6.07) is 1.56. The van der Waals surface area contributed by atoms with E-state index in [-0.39, 0.29) is 35.4 Å². The number of hydrogen-bond donors (Lipinski definition) is 2. The fourth-order valence-corrected chi connectivity index (χ4v) is 1.08. The molecule has 0 aliphatic carbocycles. The third-order valence-electron chi connectivity index (χ3n) is 1.26. The third kappa shape index (κ3) is 3.76. The molecule has 0 saturated heterocycles. The van der Waals surface area contributed by atoms with Crippen LogP contribution in [-0.4, -0.2) is 44.6 Å². The van der Waals surface area contributed by atoms with Gasteiger partial charge in [-0.25, -0.2) is 4.98 Å². The zero-order valence-corrected chi connectivity index (χ0v) is 7.17. The second-order valence-electron chi connectivity index (χ2n) is 2.27. The van der Waals surface area contributed by atoms with Crippen molar-refractivity contribution in [3.63, 3.8) is 0 Å². The van der Waals surface area contributed by atoms with E-state index in [9.17, 15) is 0 Å². The molecule has 0 amide bonds.